The number of nitrogens with one attached hydrogen (secondary N) is 4. The molecule has 0 aliphatic heterocycles. The van der Waals surface area contributed by atoms with Crippen LogP contribution in [0.2, 0.25) is 0 Å². The van der Waals surface area contributed by atoms with Gasteiger partial charge < -0.3 is 20.9 Å². The first-order chi connectivity index (χ1) is 14.2. The molecule has 0 spiro atoms. The molecule has 0 aromatic heterocycles. The van der Waals surface area contributed by atoms with E-state index >= 15 is 0 Å². The highest BCUT2D eigenvalue weighted by atomic mass is 16.2. The molecule has 5 atom stereocenters. The van der Waals surface area contributed by atoms with Crippen molar-refractivity contribution in [2.24, 2.45) is 11.8 Å². The van der Waals surface area contributed by atoms with E-state index in [9.17, 15) is 14.4 Å². The summed E-state index contributed by atoms with van der Waals surface area (Å²) < 4.78 is 0. The number of carbonyl (C=O) groups is 3. The van der Waals surface area contributed by atoms with Gasteiger partial charge in [0.2, 0.25) is 5.91 Å². The van der Waals surface area contributed by atoms with Gasteiger partial charge in [-0.25, -0.2) is 0 Å². The molecule has 166 valence electrons. The van der Waals surface area contributed by atoms with Crippen molar-refractivity contribution in [2.45, 2.75) is 66.0 Å². The molecule has 3 amide bonds. The lowest BCUT2D eigenvalue weighted by Gasteiger charge is -2.35. The van der Waals surface area contributed by atoms with E-state index < -0.39 is 0 Å². The van der Waals surface area contributed by atoms with Gasteiger partial charge in [-0.05, 0) is 56.4 Å². The zero-order chi connectivity index (χ0) is 22.3. The van der Waals surface area contributed by atoms with Crippen molar-refractivity contribution in [3.8, 4) is 0 Å². The zero-order valence-electron chi connectivity index (χ0n) is 18.9. The molecular weight excluding hydrogens is 380 g/mol. The Kier molecular flexibility index (Phi) is 8.84. The smallest absolute Gasteiger partial charge is 0.279 e. The lowest BCUT2D eigenvalue weighted by Crippen LogP contribution is -3.17. The van der Waals surface area contributed by atoms with Gasteiger partial charge in [0, 0.05) is 24.3 Å². The Balaban J connectivity index is 1.89. The van der Waals surface area contributed by atoms with Crippen LogP contribution in [0.4, 0.5) is 11.4 Å². The van der Waals surface area contributed by atoms with E-state index in [1.165, 1.54) is 13.3 Å². The maximum atomic E-state index is 12.8. The van der Waals surface area contributed by atoms with Gasteiger partial charge in [0.05, 0.1) is 6.54 Å². The van der Waals surface area contributed by atoms with Crippen LogP contribution in [-0.4, -0.2) is 42.9 Å². The summed E-state index contributed by atoms with van der Waals surface area (Å²) in [7, 11) is 0. The highest BCUT2D eigenvalue weighted by molar-refractivity contribution is 5.93. The number of carbonyl (C=O) groups excluding carboxylic acids is 3. The largest absolute Gasteiger partial charge is 0.348 e. The summed E-state index contributed by atoms with van der Waals surface area (Å²) in [5, 5.41) is 8.80. The third-order valence-electron chi connectivity index (χ3n) is 6.37. The van der Waals surface area contributed by atoms with Gasteiger partial charge in [-0.15, -0.1) is 0 Å². The molecule has 0 radical (unpaired) electrons. The van der Waals surface area contributed by atoms with Gasteiger partial charge >= 0.3 is 0 Å². The normalized spacial score (nSPS) is 23.2. The summed E-state index contributed by atoms with van der Waals surface area (Å²) in [6.07, 6.45) is 3.40. The Morgan fingerprint density at radius 3 is 2.23 bits per heavy atom. The molecule has 30 heavy (non-hydrogen) atoms. The molecular formula is C23H37N4O3+. The molecule has 7 heteroatoms. The van der Waals surface area contributed by atoms with E-state index in [2.05, 4.69) is 29.8 Å². The minimum absolute atomic E-state index is 0.0188. The van der Waals surface area contributed by atoms with Crippen LogP contribution in [0.3, 0.4) is 0 Å². The van der Waals surface area contributed by atoms with Crippen molar-refractivity contribution in [1.29, 1.82) is 0 Å². The van der Waals surface area contributed by atoms with Gasteiger partial charge in [-0.1, -0.05) is 26.7 Å². The monoisotopic (exact) mass is 417 g/mol. The van der Waals surface area contributed by atoms with E-state index in [1.54, 1.807) is 24.3 Å². The van der Waals surface area contributed by atoms with E-state index in [0.29, 0.717) is 29.8 Å². The van der Waals surface area contributed by atoms with Crippen LogP contribution in [-0.2, 0) is 14.4 Å². The standard InChI is InChI=1S/C23H36N4O3/c1-6-27(17(4)23(30)26-21-9-7-8-15(2)16(21)3)14-22(29)25-20-12-10-19(11-13-20)24-18(5)28/h10-13,15-17,21H,6-9,14H2,1-5H3,(H,24,28)(H,25,29)(H,26,30)/p+1/t15-,16-,17-,21+/m0/s1. The Morgan fingerprint density at radius 2 is 1.67 bits per heavy atom. The van der Waals surface area contributed by atoms with Crippen LogP contribution < -0.4 is 20.9 Å². The lowest BCUT2D eigenvalue weighted by molar-refractivity contribution is -0.904. The number of benzene rings is 1. The number of hydrogen-bond acceptors (Lipinski definition) is 3. The molecule has 7 nitrogen and oxygen atoms in total. The molecule has 1 aromatic rings. The maximum Gasteiger partial charge on any atom is 0.279 e. The van der Waals surface area contributed by atoms with E-state index in [4.69, 9.17) is 0 Å². The van der Waals surface area contributed by atoms with Crippen molar-refractivity contribution >= 4 is 29.1 Å². The average molecular weight is 418 g/mol. The molecule has 1 aromatic carbocycles. The quantitative estimate of drug-likeness (QED) is 0.520. The van der Waals surface area contributed by atoms with Gasteiger partial charge in [-0.2, -0.15) is 0 Å². The molecule has 4 N–H and O–H groups in total. The van der Waals surface area contributed by atoms with Crippen molar-refractivity contribution in [2.75, 3.05) is 23.7 Å². The highest BCUT2D eigenvalue weighted by Crippen LogP contribution is 2.29. The summed E-state index contributed by atoms with van der Waals surface area (Å²) >= 11 is 0. The Labute approximate surface area is 180 Å². The zero-order valence-corrected chi connectivity index (χ0v) is 18.9. The number of quaternary nitrogens is 1. The predicted molar refractivity (Wildman–Crippen MR) is 119 cm³/mol. The van der Waals surface area contributed by atoms with Gasteiger partial charge in [0.15, 0.2) is 12.6 Å². The summed E-state index contributed by atoms with van der Waals surface area (Å²) in [4.78, 5) is 37.4. The van der Waals surface area contributed by atoms with Gasteiger partial charge in [0.1, 0.15) is 0 Å². The predicted octanol–water partition coefficient (Wildman–Crippen LogP) is 1.82. The summed E-state index contributed by atoms with van der Waals surface area (Å²) in [6.45, 7) is 10.7. The summed E-state index contributed by atoms with van der Waals surface area (Å²) in [6, 6.07) is 6.89. The third-order valence-corrected chi connectivity index (χ3v) is 6.37. The number of hydrogen-bond donors (Lipinski definition) is 4. The van der Waals surface area contributed by atoms with Crippen LogP contribution in [0.1, 0.15) is 53.9 Å². The first-order valence-electron chi connectivity index (χ1n) is 11.0. The van der Waals surface area contributed by atoms with E-state index in [-0.39, 0.29) is 36.3 Å². The number of amides is 3. The van der Waals surface area contributed by atoms with Crippen LogP contribution in [0.15, 0.2) is 24.3 Å². The fraction of sp³-hybridized carbons (Fsp3) is 0.609. The Morgan fingerprint density at radius 1 is 1.07 bits per heavy atom. The van der Waals surface area contributed by atoms with E-state index in [1.807, 2.05) is 13.8 Å². The van der Waals surface area contributed by atoms with Crippen LogP contribution >= 0.6 is 0 Å². The molecule has 0 heterocycles. The second-order valence-electron chi connectivity index (χ2n) is 8.60. The van der Waals surface area contributed by atoms with Gasteiger partial charge in [-0.3, -0.25) is 14.4 Å². The number of rotatable bonds is 8. The molecule has 1 saturated carbocycles. The second kappa shape index (κ2) is 11.1. The minimum Gasteiger partial charge on any atom is -0.348 e. The second-order valence-corrected chi connectivity index (χ2v) is 8.60. The van der Waals surface area contributed by atoms with Crippen molar-refractivity contribution in [3.63, 3.8) is 0 Å². The molecule has 0 bridgehead atoms. The molecule has 1 aliphatic carbocycles. The number of anilines is 2. The van der Waals surface area contributed by atoms with Crippen molar-refractivity contribution < 1.29 is 19.3 Å². The summed E-state index contributed by atoms with van der Waals surface area (Å²) in [5.41, 5.74) is 1.34. The Bertz CT molecular complexity index is 734. The maximum absolute atomic E-state index is 12.8. The first-order valence-corrected chi connectivity index (χ1v) is 11.0. The average Bonchev–Trinajstić information content (AvgIpc) is 2.70. The molecule has 1 fully saturated rings. The molecule has 0 saturated heterocycles. The SMILES string of the molecule is CC[NH+](CC(=O)Nc1ccc(NC(C)=O)cc1)[C@@H](C)C(=O)N[C@@H]1CCC[C@H](C)[C@@H]1C. The molecule has 1 aliphatic rings. The van der Waals surface area contributed by atoms with Crippen LogP contribution in [0, 0.1) is 11.8 Å². The van der Waals surface area contributed by atoms with Crippen molar-refractivity contribution in [1.82, 2.24) is 5.32 Å². The molecule has 2 rings (SSSR count). The topological polar surface area (TPSA) is 91.7 Å². The first kappa shape index (κ1) is 23.9. The van der Waals surface area contributed by atoms with Crippen molar-refractivity contribution in [3.05, 3.63) is 24.3 Å². The summed E-state index contributed by atoms with van der Waals surface area (Å²) in [5.74, 6) is 0.836. The lowest BCUT2D eigenvalue weighted by atomic mass is 9.78. The molecule has 1 unspecified atom stereocenters. The highest BCUT2D eigenvalue weighted by Gasteiger charge is 2.32. The van der Waals surface area contributed by atoms with Crippen LogP contribution in [0.25, 0.3) is 0 Å². The minimum atomic E-state index is -0.299. The third kappa shape index (κ3) is 6.83. The fourth-order valence-electron chi connectivity index (χ4n) is 4.11. The van der Waals surface area contributed by atoms with Crippen LogP contribution in [0.5, 0.6) is 0 Å². The van der Waals surface area contributed by atoms with Gasteiger partial charge in [0.25, 0.3) is 11.8 Å². The number of likely N-dealkylation sites (N-methyl/N-ethyl adjacent to an activating group) is 1. The fourth-order valence-corrected chi connectivity index (χ4v) is 4.11. The van der Waals surface area contributed by atoms with E-state index in [0.717, 1.165) is 17.7 Å². The Hall–Kier alpha value is -2.41.